The quantitative estimate of drug-likeness (QED) is 0.655. The van der Waals surface area contributed by atoms with Gasteiger partial charge in [0, 0.05) is 24.5 Å². The molecular formula is C12H12N6O2. The summed E-state index contributed by atoms with van der Waals surface area (Å²) >= 11 is 0. The van der Waals surface area contributed by atoms with Crippen LogP contribution in [0, 0.1) is 0 Å². The number of hydrogen-bond donors (Lipinski definition) is 0. The van der Waals surface area contributed by atoms with Crippen molar-refractivity contribution in [2.24, 2.45) is 0 Å². The first kappa shape index (κ1) is 12.3. The van der Waals surface area contributed by atoms with Gasteiger partial charge in [-0.05, 0) is 13.0 Å². The van der Waals surface area contributed by atoms with Crippen molar-refractivity contribution in [2.75, 3.05) is 7.11 Å². The zero-order chi connectivity index (χ0) is 14.1. The lowest BCUT2D eigenvalue weighted by atomic mass is 10.2. The Bertz CT molecular complexity index is 775. The van der Waals surface area contributed by atoms with Crippen molar-refractivity contribution in [1.29, 1.82) is 0 Å². The van der Waals surface area contributed by atoms with E-state index in [0.29, 0.717) is 5.78 Å². The molecule has 0 atom stereocenters. The normalized spacial score (nSPS) is 10.9. The van der Waals surface area contributed by atoms with E-state index in [9.17, 15) is 4.79 Å². The Kier molecular flexibility index (Phi) is 2.90. The molecule has 0 unspecified atom stereocenters. The molecule has 3 rings (SSSR count). The van der Waals surface area contributed by atoms with Crippen LogP contribution in [0.25, 0.3) is 17.0 Å². The topological polar surface area (TPSA) is 87.2 Å². The van der Waals surface area contributed by atoms with Crippen molar-refractivity contribution >= 4 is 11.7 Å². The Labute approximate surface area is 114 Å². The second-order valence-corrected chi connectivity index (χ2v) is 4.05. The smallest absolute Gasteiger partial charge is 0.378 e. The number of methoxy groups -OCH3 is 1. The molecule has 0 aliphatic rings. The highest BCUT2D eigenvalue weighted by atomic mass is 16.5. The molecule has 3 aromatic heterocycles. The standard InChI is InChI=1S/C12H12N6O2/c1-3-17-7-8(6-14-17)9-4-5-13-12-15-10(11(19)20-2)16-18(9)12/h4-7H,3H2,1-2H3. The van der Waals surface area contributed by atoms with Crippen molar-refractivity contribution in [2.45, 2.75) is 13.5 Å². The first-order chi connectivity index (χ1) is 9.72. The summed E-state index contributed by atoms with van der Waals surface area (Å²) in [6.45, 7) is 2.78. The Morgan fingerprint density at radius 1 is 1.45 bits per heavy atom. The fourth-order valence-corrected chi connectivity index (χ4v) is 1.86. The van der Waals surface area contributed by atoms with Crippen molar-refractivity contribution in [3.63, 3.8) is 0 Å². The molecule has 0 N–H and O–H groups in total. The lowest BCUT2D eigenvalue weighted by molar-refractivity contribution is 0.0587. The molecule has 0 radical (unpaired) electrons. The molecule has 0 bridgehead atoms. The molecule has 20 heavy (non-hydrogen) atoms. The monoisotopic (exact) mass is 272 g/mol. The molecule has 3 aromatic rings. The van der Waals surface area contributed by atoms with Gasteiger partial charge in [0.1, 0.15) is 0 Å². The van der Waals surface area contributed by atoms with Crippen LogP contribution < -0.4 is 0 Å². The molecule has 0 saturated carbocycles. The van der Waals surface area contributed by atoms with Gasteiger partial charge in [0.15, 0.2) is 0 Å². The van der Waals surface area contributed by atoms with Gasteiger partial charge in [-0.3, -0.25) is 4.68 Å². The number of esters is 1. The molecule has 0 spiro atoms. The third kappa shape index (κ3) is 1.91. The van der Waals surface area contributed by atoms with Crippen LogP contribution in [-0.4, -0.2) is 42.4 Å². The van der Waals surface area contributed by atoms with Gasteiger partial charge in [0.05, 0.1) is 19.0 Å². The summed E-state index contributed by atoms with van der Waals surface area (Å²) < 4.78 is 7.92. The van der Waals surface area contributed by atoms with Crippen LogP contribution in [0.1, 0.15) is 17.5 Å². The molecule has 0 saturated heterocycles. The maximum absolute atomic E-state index is 11.5. The van der Waals surface area contributed by atoms with Crippen LogP contribution in [0.4, 0.5) is 0 Å². The van der Waals surface area contributed by atoms with Crippen LogP contribution in [-0.2, 0) is 11.3 Å². The minimum absolute atomic E-state index is 0.0182. The third-order valence-electron chi connectivity index (χ3n) is 2.86. The number of hydrogen-bond acceptors (Lipinski definition) is 6. The molecule has 0 aliphatic heterocycles. The van der Waals surface area contributed by atoms with E-state index in [1.807, 2.05) is 13.1 Å². The predicted molar refractivity (Wildman–Crippen MR) is 69.0 cm³/mol. The lowest BCUT2D eigenvalue weighted by Crippen LogP contribution is -2.04. The molecular weight excluding hydrogens is 260 g/mol. The number of carbonyl (C=O) groups is 1. The van der Waals surface area contributed by atoms with Crippen LogP contribution in [0.2, 0.25) is 0 Å². The Morgan fingerprint density at radius 3 is 3.00 bits per heavy atom. The van der Waals surface area contributed by atoms with Crippen molar-refractivity contribution in [1.82, 2.24) is 29.4 Å². The summed E-state index contributed by atoms with van der Waals surface area (Å²) in [4.78, 5) is 19.6. The average molecular weight is 272 g/mol. The first-order valence-electron chi connectivity index (χ1n) is 6.06. The van der Waals surface area contributed by atoms with E-state index in [1.54, 1.807) is 23.1 Å². The first-order valence-corrected chi connectivity index (χ1v) is 6.06. The minimum atomic E-state index is -0.592. The minimum Gasteiger partial charge on any atom is -0.463 e. The van der Waals surface area contributed by atoms with Crippen LogP contribution in [0.3, 0.4) is 0 Å². The zero-order valence-corrected chi connectivity index (χ0v) is 11.0. The second-order valence-electron chi connectivity index (χ2n) is 4.05. The van der Waals surface area contributed by atoms with E-state index in [-0.39, 0.29) is 5.82 Å². The molecule has 8 nitrogen and oxygen atoms in total. The van der Waals surface area contributed by atoms with E-state index in [2.05, 4.69) is 24.9 Å². The number of aromatic nitrogens is 6. The number of ether oxygens (including phenoxy) is 1. The van der Waals surface area contributed by atoms with Gasteiger partial charge < -0.3 is 4.74 Å². The highest BCUT2D eigenvalue weighted by Crippen LogP contribution is 2.18. The maximum Gasteiger partial charge on any atom is 0.378 e. The highest BCUT2D eigenvalue weighted by Gasteiger charge is 2.16. The zero-order valence-electron chi connectivity index (χ0n) is 11.0. The summed E-state index contributed by atoms with van der Waals surface area (Å²) in [7, 11) is 1.29. The summed E-state index contributed by atoms with van der Waals surface area (Å²) in [6, 6.07) is 1.79. The van der Waals surface area contributed by atoms with Crippen molar-refractivity contribution in [3.05, 3.63) is 30.5 Å². The Morgan fingerprint density at radius 2 is 2.30 bits per heavy atom. The SMILES string of the molecule is CCn1cc(-c2ccnc3nc(C(=O)OC)nn23)cn1. The molecule has 0 amide bonds. The summed E-state index contributed by atoms with van der Waals surface area (Å²) in [5.74, 6) is -0.270. The largest absolute Gasteiger partial charge is 0.463 e. The van der Waals surface area contributed by atoms with Crippen LogP contribution in [0.15, 0.2) is 24.7 Å². The van der Waals surface area contributed by atoms with Gasteiger partial charge in [-0.2, -0.15) is 14.6 Å². The number of rotatable bonds is 3. The number of nitrogens with zero attached hydrogens (tertiary/aromatic N) is 6. The van der Waals surface area contributed by atoms with Crippen LogP contribution in [0.5, 0.6) is 0 Å². The van der Waals surface area contributed by atoms with Gasteiger partial charge >= 0.3 is 5.97 Å². The maximum atomic E-state index is 11.5. The Balaban J connectivity index is 2.15. The number of fused-ring (bicyclic) bond motifs is 1. The van der Waals surface area contributed by atoms with E-state index >= 15 is 0 Å². The van der Waals surface area contributed by atoms with E-state index in [4.69, 9.17) is 0 Å². The summed E-state index contributed by atoms with van der Waals surface area (Å²) in [5, 5.41) is 8.35. The summed E-state index contributed by atoms with van der Waals surface area (Å²) in [5.41, 5.74) is 1.64. The van der Waals surface area contributed by atoms with E-state index < -0.39 is 5.97 Å². The van der Waals surface area contributed by atoms with E-state index in [0.717, 1.165) is 17.8 Å². The third-order valence-corrected chi connectivity index (χ3v) is 2.86. The molecule has 102 valence electrons. The van der Waals surface area contributed by atoms with Crippen molar-refractivity contribution < 1.29 is 9.53 Å². The molecule has 8 heteroatoms. The number of carbonyl (C=O) groups excluding carboxylic acids is 1. The molecule has 3 heterocycles. The van der Waals surface area contributed by atoms with Gasteiger partial charge in [0.2, 0.25) is 0 Å². The fraction of sp³-hybridized carbons (Fsp3) is 0.250. The lowest BCUT2D eigenvalue weighted by Gasteiger charge is -1.99. The van der Waals surface area contributed by atoms with Gasteiger partial charge in [-0.15, -0.1) is 5.10 Å². The van der Waals surface area contributed by atoms with Gasteiger partial charge in [0.25, 0.3) is 11.6 Å². The van der Waals surface area contributed by atoms with Crippen molar-refractivity contribution in [3.8, 4) is 11.3 Å². The molecule has 0 fully saturated rings. The summed E-state index contributed by atoms with van der Waals surface area (Å²) in [6.07, 6.45) is 5.25. The predicted octanol–water partition coefficient (Wildman–Crippen LogP) is 0.794. The van der Waals surface area contributed by atoms with E-state index in [1.165, 1.54) is 11.6 Å². The van der Waals surface area contributed by atoms with Gasteiger partial charge in [-0.25, -0.2) is 9.78 Å². The molecule has 0 aliphatic carbocycles. The second kappa shape index (κ2) is 4.72. The molecule has 0 aromatic carbocycles. The Hall–Kier alpha value is -2.77. The van der Waals surface area contributed by atoms with Crippen LogP contribution >= 0.6 is 0 Å². The highest BCUT2D eigenvalue weighted by molar-refractivity contribution is 5.85. The fourth-order valence-electron chi connectivity index (χ4n) is 1.86. The average Bonchev–Trinajstić information content (AvgIpc) is 3.12. The van der Waals surface area contributed by atoms with Gasteiger partial charge in [-0.1, -0.05) is 0 Å². The number of aryl methyl sites for hydroxylation is 1.